The molecule has 2 N–H and O–H groups in total. The molecule has 0 spiro atoms. The lowest BCUT2D eigenvalue weighted by molar-refractivity contribution is -0.201. The lowest BCUT2D eigenvalue weighted by atomic mass is 9.93. The van der Waals surface area contributed by atoms with Gasteiger partial charge in [-0.25, -0.2) is 0 Å². The highest BCUT2D eigenvalue weighted by atomic mass is 16.5. The molecule has 3 aliphatic heterocycles. The molecular formula is C24H26N4O4. The number of fused-ring (bicyclic) bond motifs is 1. The number of carbonyl (C=O) groups excluding carboxylic acids is 2. The van der Waals surface area contributed by atoms with E-state index in [2.05, 4.69) is 30.2 Å². The molecule has 1 aliphatic carbocycles. The van der Waals surface area contributed by atoms with Gasteiger partial charge in [-0.05, 0) is 34.9 Å². The third-order valence-corrected chi connectivity index (χ3v) is 6.41. The Morgan fingerprint density at radius 2 is 1.78 bits per heavy atom. The number of nitrogens with one attached hydrogen (secondary N) is 1. The van der Waals surface area contributed by atoms with Crippen LogP contribution in [0.1, 0.15) is 15.9 Å². The number of benzene rings is 1. The summed E-state index contributed by atoms with van der Waals surface area (Å²) < 4.78 is 4.97. The first-order valence-electron chi connectivity index (χ1n) is 10.7. The first-order chi connectivity index (χ1) is 15.5. The highest BCUT2D eigenvalue weighted by molar-refractivity contribution is 5.95. The van der Waals surface area contributed by atoms with E-state index in [1.165, 1.54) is 5.57 Å². The van der Waals surface area contributed by atoms with Gasteiger partial charge in [-0.3, -0.25) is 14.6 Å². The molecule has 0 radical (unpaired) electrons. The predicted octanol–water partition coefficient (Wildman–Crippen LogP) is 0.902. The Balaban J connectivity index is 1.22. The van der Waals surface area contributed by atoms with Gasteiger partial charge in [0.1, 0.15) is 0 Å². The van der Waals surface area contributed by atoms with Crippen molar-refractivity contribution >= 4 is 17.4 Å². The predicted molar refractivity (Wildman–Crippen MR) is 119 cm³/mol. The van der Waals surface area contributed by atoms with Gasteiger partial charge in [0.25, 0.3) is 11.8 Å². The number of hydrazine groups is 1. The Kier molecular flexibility index (Phi) is 5.11. The third kappa shape index (κ3) is 3.51. The molecule has 0 bridgehead atoms. The topological polar surface area (TPSA) is 85.4 Å². The van der Waals surface area contributed by atoms with Gasteiger partial charge < -0.3 is 25.1 Å². The number of hydrogen-bond donors (Lipinski definition) is 2. The molecule has 2 amide bonds. The third-order valence-electron chi connectivity index (χ3n) is 6.41. The van der Waals surface area contributed by atoms with E-state index < -0.39 is 5.60 Å². The number of carbonyl (C=O) groups is 2. The molecule has 2 saturated heterocycles. The molecule has 5 rings (SSSR count). The van der Waals surface area contributed by atoms with E-state index in [1.54, 1.807) is 16.0 Å². The van der Waals surface area contributed by atoms with Crippen LogP contribution in [0.2, 0.25) is 0 Å². The molecule has 8 nitrogen and oxygen atoms in total. The van der Waals surface area contributed by atoms with E-state index in [0.29, 0.717) is 31.7 Å². The smallest absolute Gasteiger partial charge is 0.259 e. The second-order valence-electron chi connectivity index (χ2n) is 8.45. The number of aliphatic hydroxyl groups is 1. The van der Waals surface area contributed by atoms with Gasteiger partial charge in [-0.1, -0.05) is 30.9 Å². The van der Waals surface area contributed by atoms with Crippen molar-refractivity contribution in [3.05, 3.63) is 78.2 Å². The summed E-state index contributed by atoms with van der Waals surface area (Å²) in [6, 6.07) is 7.73. The molecule has 166 valence electrons. The number of piperazine rings is 1. The minimum absolute atomic E-state index is 0.0451. The van der Waals surface area contributed by atoms with Crippen LogP contribution in [0.5, 0.6) is 0 Å². The highest BCUT2D eigenvalue weighted by Crippen LogP contribution is 2.29. The standard InChI is InChI=1S/C24H26N4O4/c1-2-28-21-13-19(7-8-20(21)14-25-28)17-3-5-18(6-4-17)22(29)26-9-11-27(12-10-26)23(30)24(31)15-32-16-24/h2-8,13-14,21,25,31H,1,9-12,15-16H2. The Morgan fingerprint density at radius 3 is 2.41 bits per heavy atom. The van der Waals surface area contributed by atoms with Crippen LogP contribution in [0, 0.1) is 0 Å². The average Bonchev–Trinajstić information content (AvgIpc) is 3.24. The average molecular weight is 434 g/mol. The molecule has 0 aromatic heterocycles. The van der Waals surface area contributed by atoms with Crippen LogP contribution in [0.25, 0.3) is 5.57 Å². The summed E-state index contributed by atoms with van der Waals surface area (Å²) >= 11 is 0. The second-order valence-corrected chi connectivity index (χ2v) is 8.45. The quantitative estimate of drug-likeness (QED) is 0.733. The van der Waals surface area contributed by atoms with Crippen molar-refractivity contribution in [2.24, 2.45) is 0 Å². The Bertz CT molecular complexity index is 1030. The van der Waals surface area contributed by atoms with Crippen LogP contribution in [0.15, 0.2) is 67.0 Å². The van der Waals surface area contributed by atoms with Crippen LogP contribution >= 0.6 is 0 Å². The Morgan fingerprint density at radius 1 is 1.09 bits per heavy atom. The molecule has 2 fully saturated rings. The van der Waals surface area contributed by atoms with Crippen molar-refractivity contribution in [2.75, 3.05) is 39.4 Å². The van der Waals surface area contributed by atoms with Gasteiger partial charge >= 0.3 is 0 Å². The highest BCUT2D eigenvalue weighted by Gasteiger charge is 2.46. The first kappa shape index (κ1) is 20.5. The fraction of sp³-hybridized carbons (Fsp3) is 0.333. The van der Waals surface area contributed by atoms with Gasteiger partial charge in [0, 0.05) is 44.1 Å². The van der Waals surface area contributed by atoms with E-state index in [0.717, 1.165) is 11.1 Å². The maximum atomic E-state index is 13.0. The van der Waals surface area contributed by atoms with Gasteiger partial charge in [0.05, 0.1) is 19.3 Å². The number of ether oxygens (including phenoxy) is 1. The van der Waals surface area contributed by atoms with Gasteiger partial charge in [-0.15, -0.1) is 0 Å². The summed E-state index contributed by atoms with van der Waals surface area (Å²) in [4.78, 5) is 28.7. The van der Waals surface area contributed by atoms with E-state index in [-0.39, 0.29) is 31.1 Å². The second kappa shape index (κ2) is 7.96. The molecular weight excluding hydrogens is 408 g/mol. The van der Waals surface area contributed by atoms with Gasteiger partial charge in [0.15, 0.2) is 5.60 Å². The van der Waals surface area contributed by atoms with Crippen molar-refractivity contribution < 1.29 is 19.4 Å². The van der Waals surface area contributed by atoms with Crippen LogP contribution in [-0.4, -0.2) is 82.8 Å². The van der Waals surface area contributed by atoms with Crippen LogP contribution in [-0.2, 0) is 9.53 Å². The lowest BCUT2D eigenvalue weighted by Crippen LogP contribution is -2.64. The van der Waals surface area contributed by atoms with E-state index in [9.17, 15) is 14.7 Å². The van der Waals surface area contributed by atoms with Crippen LogP contribution in [0.3, 0.4) is 0 Å². The molecule has 1 atom stereocenters. The number of rotatable bonds is 4. The normalized spacial score (nSPS) is 23.5. The number of hydrogen-bond acceptors (Lipinski definition) is 6. The molecule has 3 heterocycles. The summed E-state index contributed by atoms with van der Waals surface area (Å²) in [5, 5.41) is 12.1. The lowest BCUT2D eigenvalue weighted by Gasteiger charge is -2.42. The molecule has 1 aromatic rings. The van der Waals surface area contributed by atoms with Crippen LogP contribution < -0.4 is 5.43 Å². The summed E-state index contributed by atoms with van der Waals surface area (Å²) in [5.41, 5.74) is 5.70. The van der Waals surface area contributed by atoms with Crippen molar-refractivity contribution in [3.8, 4) is 0 Å². The largest absolute Gasteiger partial charge is 0.376 e. The molecule has 8 heteroatoms. The van der Waals surface area contributed by atoms with Crippen LogP contribution in [0.4, 0.5) is 0 Å². The molecule has 1 unspecified atom stereocenters. The SMILES string of the molecule is C=CN1NC=C2C=CC(c3ccc(C(=O)N4CCN(C(=O)C5(O)COC5)CC4)cc3)=CC21. The fourth-order valence-electron chi connectivity index (χ4n) is 4.38. The van der Waals surface area contributed by atoms with Crippen molar-refractivity contribution in [1.82, 2.24) is 20.2 Å². The van der Waals surface area contributed by atoms with Crippen molar-refractivity contribution in [2.45, 2.75) is 11.6 Å². The summed E-state index contributed by atoms with van der Waals surface area (Å²) in [6.45, 7) is 5.63. The molecule has 4 aliphatic rings. The maximum absolute atomic E-state index is 13.0. The number of amides is 2. The molecule has 0 saturated carbocycles. The zero-order chi connectivity index (χ0) is 22.3. The Labute approximate surface area is 186 Å². The Hall–Kier alpha value is -3.36. The minimum atomic E-state index is -1.39. The molecule has 32 heavy (non-hydrogen) atoms. The minimum Gasteiger partial charge on any atom is -0.376 e. The number of allylic oxidation sites excluding steroid dienone is 2. The van der Waals surface area contributed by atoms with Crippen molar-refractivity contribution in [1.29, 1.82) is 0 Å². The fourth-order valence-corrected chi connectivity index (χ4v) is 4.38. The first-order valence-corrected chi connectivity index (χ1v) is 10.7. The zero-order valence-corrected chi connectivity index (χ0v) is 17.7. The van der Waals surface area contributed by atoms with Crippen molar-refractivity contribution in [3.63, 3.8) is 0 Å². The summed E-state index contributed by atoms with van der Waals surface area (Å²) in [7, 11) is 0. The van der Waals surface area contributed by atoms with Gasteiger partial charge in [0.2, 0.25) is 0 Å². The molecule has 1 aromatic carbocycles. The maximum Gasteiger partial charge on any atom is 0.259 e. The van der Waals surface area contributed by atoms with Gasteiger partial charge in [-0.2, -0.15) is 0 Å². The zero-order valence-electron chi connectivity index (χ0n) is 17.7. The van der Waals surface area contributed by atoms with E-state index in [1.807, 2.05) is 35.5 Å². The van der Waals surface area contributed by atoms with E-state index >= 15 is 0 Å². The summed E-state index contributed by atoms with van der Waals surface area (Å²) in [6.07, 6.45) is 10.1. The summed E-state index contributed by atoms with van der Waals surface area (Å²) in [5.74, 6) is -0.356. The number of nitrogens with zero attached hydrogens (tertiary/aromatic N) is 3. The van der Waals surface area contributed by atoms with E-state index in [4.69, 9.17) is 4.74 Å². The monoisotopic (exact) mass is 434 g/mol.